The number of fused-ring (bicyclic) bond motifs is 1. The molecule has 1 aromatic heterocycles. The molecular formula is C16H21N3O. The molecule has 106 valence electrons. The summed E-state index contributed by atoms with van der Waals surface area (Å²) in [6, 6.07) is 8.26. The standard InChI is InChI=1S/C16H21N3O/c1-11-13-6-4-5-7-14(13)15(18-17-11)19-9-8-12(10-19)16(2,3)20/h4-7,12,20H,8-10H2,1-3H3. The molecule has 0 radical (unpaired) electrons. The third-order valence-corrected chi connectivity index (χ3v) is 4.34. The molecule has 4 heteroatoms. The van der Waals surface area contributed by atoms with Crippen LogP contribution >= 0.6 is 0 Å². The van der Waals surface area contributed by atoms with E-state index in [1.54, 1.807) is 0 Å². The number of benzene rings is 1. The second kappa shape index (κ2) is 4.70. The van der Waals surface area contributed by atoms with Crippen LogP contribution in [-0.2, 0) is 0 Å². The first-order valence-corrected chi connectivity index (χ1v) is 7.16. The van der Waals surface area contributed by atoms with Crippen LogP contribution in [0, 0.1) is 12.8 Å². The van der Waals surface area contributed by atoms with Crippen LogP contribution in [0.1, 0.15) is 26.0 Å². The SMILES string of the molecule is Cc1nnc(N2CCC(C(C)(C)O)C2)c2ccccc12. The number of rotatable bonds is 2. The van der Waals surface area contributed by atoms with E-state index >= 15 is 0 Å². The van der Waals surface area contributed by atoms with Gasteiger partial charge in [0.05, 0.1) is 11.3 Å². The molecule has 0 bridgehead atoms. The molecule has 0 amide bonds. The Labute approximate surface area is 119 Å². The maximum atomic E-state index is 10.2. The van der Waals surface area contributed by atoms with Crippen molar-refractivity contribution in [1.29, 1.82) is 0 Å². The molecule has 20 heavy (non-hydrogen) atoms. The lowest BCUT2D eigenvalue weighted by Crippen LogP contribution is -2.33. The first-order valence-electron chi connectivity index (χ1n) is 7.16. The summed E-state index contributed by atoms with van der Waals surface area (Å²) in [5, 5.41) is 21.2. The number of aromatic nitrogens is 2. The van der Waals surface area contributed by atoms with Gasteiger partial charge in [0.25, 0.3) is 0 Å². The molecule has 1 aliphatic rings. The molecular weight excluding hydrogens is 250 g/mol. The molecule has 3 rings (SSSR count). The predicted molar refractivity (Wildman–Crippen MR) is 80.9 cm³/mol. The Morgan fingerprint density at radius 3 is 2.55 bits per heavy atom. The second-order valence-electron chi connectivity index (χ2n) is 6.24. The fourth-order valence-electron chi connectivity index (χ4n) is 2.99. The van der Waals surface area contributed by atoms with Gasteiger partial charge in [-0.25, -0.2) is 0 Å². The summed E-state index contributed by atoms with van der Waals surface area (Å²) in [7, 11) is 0. The highest BCUT2D eigenvalue weighted by atomic mass is 16.3. The largest absolute Gasteiger partial charge is 0.390 e. The van der Waals surface area contributed by atoms with Gasteiger partial charge in [-0.1, -0.05) is 24.3 Å². The second-order valence-corrected chi connectivity index (χ2v) is 6.24. The van der Waals surface area contributed by atoms with Gasteiger partial charge >= 0.3 is 0 Å². The summed E-state index contributed by atoms with van der Waals surface area (Å²) >= 11 is 0. The Bertz CT molecular complexity index is 633. The molecule has 2 aromatic rings. The van der Waals surface area contributed by atoms with Crippen molar-refractivity contribution in [2.24, 2.45) is 5.92 Å². The van der Waals surface area contributed by atoms with Crippen LogP contribution in [0.25, 0.3) is 10.8 Å². The van der Waals surface area contributed by atoms with Gasteiger partial charge in [-0.3, -0.25) is 0 Å². The Kier molecular flexibility index (Phi) is 3.13. The average molecular weight is 271 g/mol. The van der Waals surface area contributed by atoms with Gasteiger partial charge in [-0.05, 0) is 27.2 Å². The van der Waals surface area contributed by atoms with Crippen molar-refractivity contribution in [2.75, 3.05) is 18.0 Å². The number of aryl methyl sites for hydroxylation is 1. The first kappa shape index (κ1) is 13.3. The van der Waals surface area contributed by atoms with Crippen molar-refractivity contribution in [3.05, 3.63) is 30.0 Å². The quantitative estimate of drug-likeness (QED) is 0.912. The highest BCUT2D eigenvalue weighted by Crippen LogP contribution is 2.33. The maximum absolute atomic E-state index is 10.2. The zero-order chi connectivity index (χ0) is 14.3. The van der Waals surface area contributed by atoms with Gasteiger partial charge in [-0.15, -0.1) is 5.10 Å². The molecule has 4 nitrogen and oxygen atoms in total. The molecule has 0 saturated carbocycles. The average Bonchev–Trinajstić information content (AvgIpc) is 2.89. The molecule has 1 saturated heterocycles. The zero-order valence-corrected chi connectivity index (χ0v) is 12.3. The summed E-state index contributed by atoms with van der Waals surface area (Å²) in [6.45, 7) is 7.53. The number of hydrogen-bond acceptors (Lipinski definition) is 4. The van der Waals surface area contributed by atoms with Crippen LogP contribution in [0.2, 0.25) is 0 Å². The fourth-order valence-corrected chi connectivity index (χ4v) is 2.99. The minimum atomic E-state index is -0.636. The van der Waals surface area contributed by atoms with Gasteiger partial charge in [0.15, 0.2) is 5.82 Å². The van der Waals surface area contributed by atoms with Crippen molar-refractivity contribution in [3.8, 4) is 0 Å². The van der Waals surface area contributed by atoms with Crippen molar-refractivity contribution >= 4 is 16.6 Å². The summed E-state index contributed by atoms with van der Waals surface area (Å²) in [6.07, 6.45) is 0.993. The van der Waals surface area contributed by atoms with E-state index in [9.17, 15) is 5.11 Å². The summed E-state index contributed by atoms with van der Waals surface area (Å²) < 4.78 is 0. The zero-order valence-electron chi connectivity index (χ0n) is 12.3. The van der Waals surface area contributed by atoms with Crippen LogP contribution in [0.3, 0.4) is 0 Å². The number of hydrogen-bond donors (Lipinski definition) is 1. The van der Waals surface area contributed by atoms with Crippen LogP contribution in [0.5, 0.6) is 0 Å². The van der Waals surface area contributed by atoms with Crippen LogP contribution in [-0.4, -0.2) is 34.0 Å². The Morgan fingerprint density at radius 2 is 1.90 bits per heavy atom. The topological polar surface area (TPSA) is 49.2 Å². The molecule has 1 fully saturated rings. The van der Waals surface area contributed by atoms with E-state index in [1.165, 1.54) is 0 Å². The summed E-state index contributed by atoms with van der Waals surface area (Å²) in [5.41, 5.74) is 0.324. The smallest absolute Gasteiger partial charge is 0.159 e. The summed E-state index contributed by atoms with van der Waals surface area (Å²) in [4.78, 5) is 2.25. The van der Waals surface area contributed by atoms with E-state index in [-0.39, 0.29) is 5.92 Å². The Hall–Kier alpha value is -1.68. The monoisotopic (exact) mass is 271 g/mol. The normalized spacial score (nSPS) is 19.8. The van der Waals surface area contributed by atoms with Crippen LogP contribution in [0.15, 0.2) is 24.3 Å². The molecule has 1 unspecified atom stereocenters. The van der Waals surface area contributed by atoms with E-state index in [2.05, 4.69) is 27.2 Å². The van der Waals surface area contributed by atoms with Gasteiger partial charge in [0, 0.05) is 29.8 Å². The molecule has 1 aromatic carbocycles. The lowest BCUT2D eigenvalue weighted by molar-refractivity contribution is 0.0263. The van der Waals surface area contributed by atoms with E-state index in [0.29, 0.717) is 0 Å². The van der Waals surface area contributed by atoms with Crippen molar-refractivity contribution < 1.29 is 5.11 Å². The van der Waals surface area contributed by atoms with Gasteiger partial charge in [-0.2, -0.15) is 5.10 Å². The Balaban J connectivity index is 1.98. The van der Waals surface area contributed by atoms with Crippen molar-refractivity contribution in [2.45, 2.75) is 32.8 Å². The number of nitrogens with zero attached hydrogens (tertiary/aromatic N) is 3. The highest BCUT2D eigenvalue weighted by molar-refractivity contribution is 5.93. The molecule has 2 heterocycles. The minimum absolute atomic E-state index is 0.282. The third-order valence-electron chi connectivity index (χ3n) is 4.34. The number of aliphatic hydroxyl groups is 1. The molecule has 0 spiro atoms. The lowest BCUT2D eigenvalue weighted by atomic mass is 9.90. The van der Waals surface area contributed by atoms with Crippen LogP contribution in [0.4, 0.5) is 5.82 Å². The summed E-state index contributed by atoms with van der Waals surface area (Å²) in [5.74, 6) is 1.22. The van der Waals surface area contributed by atoms with E-state index in [1.807, 2.05) is 32.9 Å². The number of anilines is 1. The Morgan fingerprint density at radius 1 is 1.20 bits per heavy atom. The minimum Gasteiger partial charge on any atom is -0.390 e. The van der Waals surface area contributed by atoms with Gasteiger partial charge in [0.1, 0.15) is 0 Å². The molecule has 1 N–H and O–H groups in total. The highest BCUT2D eigenvalue weighted by Gasteiger charge is 2.34. The van der Waals surface area contributed by atoms with E-state index in [0.717, 1.165) is 41.8 Å². The van der Waals surface area contributed by atoms with Gasteiger partial charge < -0.3 is 10.0 Å². The van der Waals surface area contributed by atoms with Gasteiger partial charge in [0.2, 0.25) is 0 Å². The lowest BCUT2D eigenvalue weighted by Gasteiger charge is -2.26. The molecule has 1 aliphatic heterocycles. The maximum Gasteiger partial charge on any atom is 0.159 e. The molecule has 1 atom stereocenters. The predicted octanol–water partition coefficient (Wildman–Crippen LogP) is 2.54. The third kappa shape index (κ3) is 2.24. The first-order chi connectivity index (χ1) is 9.47. The van der Waals surface area contributed by atoms with Crippen molar-refractivity contribution in [3.63, 3.8) is 0 Å². The fraction of sp³-hybridized carbons (Fsp3) is 0.500. The van der Waals surface area contributed by atoms with Crippen molar-refractivity contribution in [1.82, 2.24) is 10.2 Å². The van der Waals surface area contributed by atoms with E-state index in [4.69, 9.17) is 0 Å². The van der Waals surface area contributed by atoms with Crippen LogP contribution < -0.4 is 4.90 Å². The molecule has 0 aliphatic carbocycles. The van der Waals surface area contributed by atoms with E-state index < -0.39 is 5.60 Å².